The smallest absolute Gasteiger partial charge is 0.268 e. The molecule has 38 heavy (non-hydrogen) atoms. The largest absolute Gasteiger partial charge is 0.756 e. The number of hydrogen-bond donors (Lipinski definition) is 2. The van der Waals surface area contributed by atoms with Crippen LogP contribution in [-0.4, -0.2) is 68.5 Å². The van der Waals surface area contributed by atoms with Crippen molar-refractivity contribution in [2.75, 3.05) is 40.9 Å². The van der Waals surface area contributed by atoms with Crippen molar-refractivity contribution >= 4 is 13.7 Å². The maximum atomic E-state index is 12.4. The fourth-order valence-electron chi connectivity index (χ4n) is 4.27. The molecule has 0 aliphatic carbocycles. The Hall–Kier alpha value is -0.500. The van der Waals surface area contributed by atoms with E-state index in [0.717, 1.165) is 38.5 Å². The van der Waals surface area contributed by atoms with Crippen LogP contribution in [0.3, 0.4) is 0 Å². The lowest BCUT2D eigenvalue weighted by molar-refractivity contribution is -0.870. The van der Waals surface area contributed by atoms with Crippen molar-refractivity contribution in [3.05, 3.63) is 0 Å². The summed E-state index contributed by atoms with van der Waals surface area (Å²) in [6.07, 6.45) is 18.9. The van der Waals surface area contributed by atoms with Crippen molar-refractivity contribution in [2.24, 2.45) is 0 Å². The van der Waals surface area contributed by atoms with Crippen LogP contribution in [0, 0.1) is 0 Å². The third kappa shape index (κ3) is 24.5. The number of unbranched alkanes of at least 4 members (excludes halogenated alkanes) is 14. The number of phosphoric ester groups is 1. The van der Waals surface area contributed by atoms with Crippen molar-refractivity contribution in [3.63, 3.8) is 0 Å². The third-order valence-electron chi connectivity index (χ3n) is 6.85. The summed E-state index contributed by atoms with van der Waals surface area (Å²) < 4.78 is 22.8. The number of likely N-dealkylation sites (N-methyl/N-ethyl adjacent to an activating group) is 1. The van der Waals surface area contributed by atoms with E-state index in [0.29, 0.717) is 23.9 Å². The highest BCUT2D eigenvalue weighted by molar-refractivity contribution is 7.45. The molecule has 0 spiro atoms. The van der Waals surface area contributed by atoms with Gasteiger partial charge in [0, 0.05) is 6.42 Å². The molecule has 9 heteroatoms. The molecule has 0 fully saturated rings. The van der Waals surface area contributed by atoms with E-state index in [-0.39, 0.29) is 19.1 Å². The second-order valence-electron chi connectivity index (χ2n) is 11.8. The molecule has 0 radical (unpaired) electrons. The van der Waals surface area contributed by atoms with Crippen LogP contribution in [0.4, 0.5) is 0 Å². The Kier molecular flexibility index (Phi) is 22.9. The van der Waals surface area contributed by atoms with Crippen LogP contribution >= 0.6 is 7.82 Å². The summed E-state index contributed by atoms with van der Waals surface area (Å²) in [7, 11) is 1.30. The molecule has 8 nitrogen and oxygen atoms in total. The van der Waals surface area contributed by atoms with Gasteiger partial charge in [-0.1, -0.05) is 110 Å². The minimum Gasteiger partial charge on any atom is -0.756 e. The van der Waals surface area contributed by atoms with Gasteiger partial charge in [-0.2, -0.15) is 0 Å². The van der Waals surface area contributed by atoms with E-state index in [1.54, 1.807) is 0 Å². The predicted octanol–water partition coefficient (Wildman–Crippen LogP) is 6.10. The van der Waals surface area contributed by atoms with Gasteiger partial charge in [-0.05, 0) is 12.8 Å². The van der Waals surface area contributed by atoms with Gasteiger partial charge in [-0.3, -0.25) is 9.36 Å². The molecule has 0 aromatic carbocycles. The molecule has 1 amide bonds. The quantitative estimate of drug-likeness (QED) is 0.0709. The first-order chi connectivity index (χ1) is 18.0. The number of hydrogen-bond acceptors (Lipinski definition) is 6. The molecule has 0 saturated heterocycles. The van der Waals surface area contributed by atoms with Crippen molar-refractivity contribution in [3.8, 4) is 0 Å². The first-order valence-corrected chi connectivity index (χ1v) is 16.8. The molecule has 0 heterocycles. The van der Waals surface area contributed by atoms with E-state index < -0.39 is 20.0 Å². The summed E-state index contributed by atoms with van der Waals surface area (Å²) in [6.45, 7) is 4.51. The molecule has 3 atom stereocenters. The van der Waals surface area contributed by atoms with Gasteiger partial charge in [0.1, 0.15) is 13.2 Å². The molecular weight excluding hydrogens is 503 g/mol. The summed E-state index contributed by atoms with van der Waals surface area (Å²) in [5.41, 5.74) is 0. The van der Waals surface area contributed by atoms with E-state index in [2.05, 4.69) is 19.2 Å². The van der Waals surface area contributed by atoms with Crippen LogP contribution in [0.15, 0.2) is 0 Å². The van der Waals surface area contributed by atoms with E-state index in [4.69, 9.17) is 9.05 Å². The molecule has 0 aromatic heterocycles. The molecule has 0 aliphatic heterocycles. The molecule has 1 unspecified atom stereocenters. The maximum absolute atomic E-state index is 12.4. The SMILES string of the molecule is CCCCCCCCCCCCCCC[C@@H](O)[C@H](COP(=O)([O-])OCC[N+](C)(C)C)NC(=O)CCCCC. The van der Waals surface area contributed by atoms with Crippen LogP contribution in [-0.2, 0) is 18.4 Å². The first kappa shape index (κ1) is 37.5. The van der Waals surface area contributed by atoms with E-state index in [1.165, 1.54) is 64.2 Å². The summed E-state index contributed by atoms with van der Waals surface area (Å²) in [5.74, 6) is -0.192. The van der Waals surface area contributed by atoms with E-state index >= 15 is 0 Å². The Morgan fingerprint density at radius 1 is 0.816 bits per heavy atom. The van der Waals surface area contributed by atoms with Gasteiger partial charge in [0.2, 0.25) is 5.91 Å². The van der Waals surface area contributed by atoms with Crippen LogP contribution in [0.25, 0.3) is 0 Å². The fourth-order valence-corrected chi connectivity index (χ4v) is 4.99. The molecular formula is C29H61N2O6P. The number of aliphatic hydroxyl groups excluding tert-OH is 1. The number of aliphatic hydroxyl groups is 1. The van der Waals surface area contributed by atoms with E-state index in [9.17, 15) is 19.4 Å². The summed E-state index contributed by atoms with van der Waals surface area (Å²) in [5, 5.41) is 13.5. The monoisotopic (exact) mass is 564 g/mol. The summed E-state index contributed by atoms with van der Waals surface area (Å²) in [4.78, 5) is 24.6. The first-order valence-electron chi connectivity index (χ1n) is 15.4. The van der Waals surface area contributed by atoms with Crippen LogP contribution in [0.5, 0.6) is 0 Å². The fraction of sp³-hybridized carbons (Fsp3) is 0.966. The average Bonchev–Trinajstić information content (AvgIpc) is 2.83. The Bertz CT molecular complexity index is 614. The highest BCUT2D eigenvalue weighted by Crippen LogP contribution is 2.38. The Morgan fingerprint density at radius 3 is 1.79 bits per heavy atom. The van der Waals surface area contributed by atoms with Crippen molar-refractivity contribution in [2.45, 2.75) is 142 Å². The number of phosphoric acid groups is 1. The molecule has 0 bridgehead atoms. The second-order valence-corrected chi connectivity index (χ2v) is 13.2. The second kappa shape index (κ2) is 23.2. The van der Waals surface area contributed by atoms with Crippen molar-refractivity contribution in [1.29, 1.82) is 0 Å². The van der Waals surface area contributed by atoms with Crippen molar-refractivity contribution < 1.29 is 32.9 Å². The number of amides is 1. The third-order valence-corrected chi connectivity index (χ3v) is 7.81. The zero-order chi connectivity index (χ0) is 28.7. The van der Waals surface area contributed by atoms with Crippen LogP contribution in [0.1, 0.15) is 129 Å². The average molecular weight is 565 g/mol. The lowest BCUT2D eigenvalue weighted by Crippen LogP contribution is -2.46. The normalized spacial score (nSPS) is 15.2. The number of nitrogens with one attached hydrogen (secondary N) is 1. The molecule has 228 valence electrons. The zero-order valence-corrected chi connectivity index (χ0v) is 26.3. The molecule has 2 N–H and O–H groups in total. The maximum Gasteiger partial charge on any atom is 0.268 e. The molecule has 0 rings (SSSR count). The Balaban J connectivity index is 4.36. The molecule has 0 aliphatic rings. The number of quaternary nitrogens is 1. The minimum absolute atomic E-state index is 0.0137. The number of nitrogens with zero attached hydrogens (tertiary/aromatic N) is 1. The van der Waals surface area contributed by atoms with Crippen molar-refractivity contribution in [1.82, 2.24) is 5.32 Å². The van der Waals surface area contributed by atoms with Gasteiger partial charge in [-0.25, -0.2) is 0 Å². The zero-order valence-electron chi connectivity index (χ0n) is 25.4. The Morgan fingerprint density at radius 2 is 1.29 bits per heavy atom. The molecule has 0 saturated carbocycles. The number of carbonyl (C=O) groups excluding carboxylic acids is 1. The molecule has 0 aromatic rings. The van der Waals surface area contributed by atoms with Crippen LogP contribution in [0.2, 0.25) is 0 Å². The number of rotatable bonds is 27. The lowest BCUT2D eigenvalue weighted by atomic mass is 10.0. The highest BCUT2D eigenvalue weighted by Gasteiger charge is 2.24. The van der Waals surface area contributed by atoms with Gasteiger partial charge in [0.05, 0.1) is 39.9 Å². The van der Waals surface area contributed by atoms with Gasteiger partial charge >= 0.3 is 0 Å². The van der Waals surface area contributed by atoms with Gasteiger partial charge in [-0.15, -0.1) is 0 Å². The number of carbonyl (C=O) groups is 1. The lowest BCUT2D eigenvalue weighted by Gasteiger charge is -2.30. The Labute approximate surface area is 234 Å². The predicted molar refractivity (Wildman–Crippen MR) is 155 cm³/mol. The van der Waals surface area contributed by atoms with Gasteiger partial charge < -0.3 is 28.8 Å². The van der Waals surface area contributed by atoms with Crippen LogP contribution < -0.4 is 10.2 Å². The van der Waals surface area contributed by atoms with Gasteiger partial charge in [0.15, 0.2) is 0 Å². The summed E-state index contributed by atoms with van der Waals surface area (Å²) >= 11 is 0. The highest BCUT2D eigenvalue weighted by atomic mass is 31.2. The summed E-state index contributed by atoms with van der Waals surface area (Å²) in [6, 6.07) is -0.786. The standard InChI is InChI=1S/C29H61N2O6P/c1-6-8-10-11-12-13-14-15-16-17-18-19-21-22-28(32)27(30-29(33)23-20-9-7-2)26-37-38(34,35)36-25-24-31(3,4)5/h27-28,32H,6-26H2,1-5H3,(H-,30,33,34,35)/t27-,28+/m0/s1. The van der Waals surface area contributed by atoms with Gasteiger partial charge in [0.25, 0.3) is 7.82 Å². The topological polar surface area (TPSA) is 108 Å². The minimum atomic E-state index is -4.52. The van der Waals surface area contributed by atoms with E-state index in [1.807, 2.05) is 21.1 Å².